The maximum atomic E-state index is 6.62. The van der Waals surface area contributed by atoms with Gasteiger partial charge in [0.2, 0.25) is 0 Å². The standard InChI is InChI=1S/C16H16BrClO/c1-3-11-6-4-5-7-13(11)16(18)12-8-9-15(19-2)14(17)10-12/h4-10,16H,3H2,1-2H3. The summed E-state index contributed by atoms with van der Waals surface area (Å²) in [5.74, 6) is 0.816. The van der Waals surface area contributed by atoms with E-state index in [-0.39, 0.29) is 5.38 Å². The molecule has 0 spiro atoms. The van der Waals surface area contributed by atoms with Crippen molar-refractivity contribution in [1.82, 2.24) is 0 Å². The number of benzene rings is 2. The molecular formula is C16H16BrClO. The molecule has 2 rings (SSSR count). The lowest BCUT2D eigenvalue weighted by atomic mass is 9.98. The van der Waals surface area contributed by atoms with Gasteiger partial charge in [-0.25, -0.2) is 0 Å². The molecule has 0 radical (unpaired) electrons. The molecule has 0 amide bonds. The van der Waals surface area contributed by atoms with Gasteiger partial charge in [0.25, 0.3) is 0 Å². The predicted octanol–water partition coefficient (Wildman–Crippen LogP) is 5.35. The SMILES string of the molecule is CCc1ccccc1C(Cl)c1ccc(OC)c(Br)c1. The average Bonchev–Trinajstić information content (AvgIpc) is 2.46. The number of methoxy groups -OCH3 is 1. The normalized spacial score (nSPS) is 12.2. The molecule has 2 aromatic carbocycles. The molecule has 0 aromatic heterocycles. The van der Waals surface area contributed by atoms with Crippen LogP contribution in [0.2, 0.25) is 0 Å². The lowest BCUT2D eigenvalue weighted by Crippen LogP contribution is -1.98. The number of rotatable bonds is 4. The number of ether oxygens (including phenoxy) is 1. The summed E-state index contributed by atoms with van der Waals surface area (Å²) in [7, 11) is 1.66. The van der Waals surface area contributed by atoms with E-state index in [9.17, 15) is 0 Å². The molecule has 100 valence electrons. The van der Waals surface area contributed by atoms with E-state index in [1.807, 2.05) is 24.3 Å². The van der Waals surface area contributed by atoms with Crippen LogP contribution in [0.15, 0.2) is 46.9 Å². The van der Waals surface area contributed by atoms with Gasteiger partial charge in [-0.1, -0.05) is 37.3 Å². The Morgan fingerprint density at radius 2 is 1.95 bits per heavy atom. The molecule has 0 N–H and O–H groups in total. The smallest absolute Gasteiger partial charge is 0.133 e. The highest BCUT2D eigenvalue weighted by Gasteiger charge is 2.15. The molecule has 0 aliphatic rings. The van der Waals surface area contributed by atoms with E-state index in [1.165, 1.54) is 11.1 Å². The fraction of sp³-hybridized carbons (Fsp3) is 0.250. The molecule has 19 heavy (non-hydrogen) atoms. The van der Waals surface area contributed by atoms with Crippen molar-refractivity contribution in [2.75, 3.05) is 7.11 Å². The van der Waals surface area contributed by atoms with Gasteiger partial charge in [-0.3, -0.25) is 0 Å². The summed E-state index contributed by atoms with van der Waals surface area (Å²) in [6, 6.07) is 14.3. The maximum absolute atomic E-state index is 6.62. The minimum atomic E-state index is -0.140. The summed E-state index contributed by atoms with van der Waals surface area (Å²) in [6.07, 6.45) is 0.983. The molecule has 1 atom stereocenters. The molecular weight excluding hydrogens is 324 g/mol. The van der Waals surface area contributed by atoms with Gasteiger partial charge in [-0.2, -0.15) is 0 Å². The molecule has 0 heterocycles. The summed E-state index contributed by atoms with van der Waals surface area (Å²) < 4.78 is 6.16. The zero-order chi connectivity index (χ0) is 13.8. The number of aryl methyl sites for hydroxylation is 1. The van der Waals surface area contributed by atoms with Gasteiger partial charge in [-0.15, -0.1) is 11.6 Å². The van der Waals surface area contributed by atoms with Crippen molar-refractivity contribution in [1.29, 1.82) is 0 Å². The first-order valence-electron chi connectivity index (χ1n) is 6.22. The van der Waals surface area contributed by atoms with Crippen LogP contribution < -0.4 is 4.74 Å². The molecule has 0 aliphatic carbocycles. The van der Waals surface area contributed by atoms with Crippen LogP contribution in [0.3, 0.4) is 0 Å². The summed E-state index contributed by atoms with van der Waals surface area (Å²) in [5, 5.41) is -0.140. The summed E-state index contributed by atoms with van der Waals surface area (Å²) in [4.78, 5) is 0. The second-order valence-electron chi connectivity index (χ2n) is 4.31. The quantitative estimate of drug-likeness (QED) is 0.682. The van der Waals surface area contributed by atoms with E-state index in [2.05, 4.69) is 41.1 Å². The van der Waals surface area contributed by atoms with Crippen molar-refractivity contribution in [3.05, 3.63) is 63.6 Å². The minimum Gasteiger partial charge on any atom is -0.496 e. The minimum absolute atomic E-state index is 0.140. The van der Waals surface area contributed by atoms with E-state index < -0.39 is 0 Å². The van der Waals surface area contributed by atoms with Crippen LogP contribution in [-0.4, -0.2) is 7.11 Å². The van der Waals surface area contributed by atoms with Crippen molar-refractivity contribution >= 4 is 27.5 Å². The Balaban J connectivity index is 2.38. The molecule has 1 unspecified atom stereocenters. The Kier molecular flexibility index (Phi) is 4.89. The number of hydrogen-bond acceptors (Lipinski definition) is 1. The van der Waals surface area contributed by atoms with Crippen LogP contribution in [0.5, 0.6) is 5.75 Å². The first-order chi connectivity index (χ1) is 9.17. The van der Waals surface area contributed by atoms with Crippen LogP contribution in [0.25, 0.3) is 0 Å². The lowest BCUT2D eigenvalue weighted by molar-refractivity contribution is 0.412. The molecule has 2 aromatic rings. The maximum Gasteiger partial charge on any atom is 0.133 e. The fourth-order valence-corrected chi connectivity index (χ4v) is 3.03. The zero-order valence-electron chi connectivity index (χ0n) is 11.0. The van der Waals surface area contributed by atoms with E-state index >= 15 is 0 Å². The third-order valence-corrected chi connectivity index (χ3v) is 4.28. The third-order valence-electron chi connectivity index (χ3n) is 3.18. The third kappa shape index (κ3) is 3.13. The summed E-state index contributed by atoms with van der Waals surface area (Å²) in [6.45, 7) is 2.15. The van der Waals surface area contributed by atoms with Gasteiger partial charge in [0.1, 0.15) is 5.75 Å². The Morgan fingerprint density at radius 1 is 1.21 bits per heavy atom. The Morgan fingerprint density at radius 3 is 2.58 bits per heavy atom. The Labute approximate surface area is 127 Å². The molecule has 0 aliphatic heterocycles. The van der Waals surface area contributed by atoms with Crippen molar-refractivity contribution < 1.29 is 4.74 Å². The Bertz CT molecular complexity index is 568. The lowest BCUT2D eigenvalue weighted by Gasteiger charge is -2.15. The first-order valence-corrected chi connectivity index (χ1v) is 7.45. The van der Waals surface area contributed by atoms with E-state index in [0.29, 0.717) is 0 Å². The highest BCUT2D eigenvalue weighted by Crippen LogP contribution is 2.35. The van der Waals surface area contributed by atoms with Gasteiger partial charge >= 0.3 is 0 Å². The summed E-state index contributed by atoms with van der Waals surface area (Å²) >= 11 is 10.1. The number of hydrogen-bond donors (Lipinski definition) is 0. The highest BCUT2D eigenvalue weighted by atomic mass is 79.9. The first kappa shape index (κ1) is 14.4. The highest BCUT2D eigenvalue weighted by molar-refractivity contribution is 9.10. The molecule has 0 bridgehead atoms. The fourth-order valence-electron chi connectivity index (χ4n) is 2.12. The largest absolute Gasteiger partial charge is 0.496 e. The topological polar surface area (TPSA) is 9.23 Å². The van der Waals surface area contributed by atoms with Crippen molar-refractivity contribution in [2.45, 2.75) is 18.7 Å². The van der Waals surface area contributed by atoms with E-state index in [0.717, 1.165) is 22.2 Å². The average molecular weight is 340 g/mol. The van der Waals surface area contributed by atoms with Crippen molar-refractivity contribution in [3.8, 4) is 5.75 Å². The van der Waals surface area contributed by atoms with Crippen molar-refractivity contribution in [3.63, 3.8) is 0 Å². The van der Waals surface area contributed by atoms with Gasteiger partial charge in [-0.05, 0) is 51.2 Å². The second kappa shape index (κ2) is 6.44. The molecule has 3 heteroatoms. The van der Waals surface area contributed by atoms with Crippen LogP contribution in [0.1, 0.15) is 29.0 Å². The van der Waals surface area contributed by atoms with E-state index in [4.69, 9.17) is 16.3 Å². The molecule has 0 saturated heterocycles. The van der Waals surface area contributed by atoms with Crippen LogP contribution in [-0.2, 0) is 6.42 Å². The molecule has 1 nitrogen and oxygen atoms in total. The number of alkyl halides is 1. The monoisotopic (exact) mass is 338 g/mol. The van der Waals surface area contributed by atoms with Crippen molar-refractivity contribution in [2.24, 2.45) is 0 Å². The summed E-state index contributed by atoms with van der Waals surface area (Å²) in [5.41, 5.74) is 3.52. The predicted molar refractivity (Wildman–Crippen MR) is 84.2 cm³/mol. The van der Waals surface area contributed by atoms with Crippen LogP contribution in [0, 0.1) is 0 Å². The number of halogens is 2. The van der Waals surface area contributed by atoms with Gasteiger partial charge < -0.3 is 4.74 Å². The van der Waals surface area contributed by atoms with E-state index in [1.54, 1.807) is 7.11 Å². The zero-order valence-corrected chi connectivity index (χ0v) is 13.3. The van der Waals surface area contributed by atoms with Gasteiger partial charge in [0.05, 0.1) is 17.0 Å². The van der Waals surface area contributed by atoms with Crippen LogP contribution >= 0.6 is 27.5 Å². The molecule has 0 saturated carbocycles. The molecule has 0 fully saturated rings. The van der Waals surface area contributed by atoms with Gasteiger partial charge in [0.15, 0.2) is 0 Å². The second-order valence-corrected chi connectivity index (χ2v) is 5.60. The van der Waals surface area contributed by atoms with Crippen LogP contribution in [0.4, 0.5) is 0 Å². The van der Waals surface area contributed by atoms with Gasteiger partial charge in [0, 0.05) is 0 Å². The Hall–Kier alpha value is -0.990.